The third-order valence-electron chi connectivity index (χ3n) is 3.70. The maximum absolute atomic E-state index is 12.1. The molecule has 1 N–H and O–H groups in total. The minimum Gasteiger partial charge on any atom is -0.304 e. The second-order valence-corrected chi connectivity index (χ2v) is 8.38. The molecule has 0 saturated carbocycles. The average Bonchev–Trinajstić information content (AvgIpc) is 2.85. The summed E-state index contributed by atoms with van der Waals surface area (Å²) in [5.41, 5.74) is 0. The van der Waals surface area contributed by atoms with Crippen LogP contribution in [-0.2, 0) is 10.0 Å². The van der Waals surface area contributed by atoms with Crippen LogP contribution < -0.4 is 4.72 Å². The smallest absolute Gasteiger partial charge is 0.250 e. The molecule has 0 aromatic carbocycles. The Balaban J connectivity index is 1.85. The van der Waals surface area contributed by atoms with Crippen molar-refractivity contribution < 1.29 is 8.42 Å². The molecule has 1 aliphatic rings. The number of nitrogens with one attached hydrogen (secondary N) is 1. The van der Waals surface area contributed by atoms with Gasteiger partial charge >= 0.3 is 0 Å². The summed E-state index contributed by atoms with van der Waals surface area (Å²) in [4.78, 5) is 3.44. The lowest BCUT2D eigenvalue weighted by Crippen LogP contribution is -2.38. The monoisotopic (exact) mass is 302 g/mol. The zero-order valence-corrected chi connectivity index (χ0v) is 13.2. The highest BCUT2D eigenvalue weighted by molar-refractivity contribution is 7.91. The standard InChI is InChI=1S/C13H22N2O2S2/c1-3-15-8-6-12(7-9-15)10-14-19(16,17)13-5-4-11(2)18-13/h4-5,12,14H,3,6-10H2,1-2H3. The van der Waals surface area contributed by atoms with Crippen LogP contribution in [0.4, 0.5) is 0 Å². The van der Waals surface area contributed by atoms with E-state index in [1.54, 1.807) is 6.07 Å². The van der Waals surface area contributed by atoms with E-state index < -0.39 is 10.0 Å². The molecular weight excluding hydrogens is 280 g/mol. The zero-order valence-electron chi connectivity index (χ0n) is 11.6. The molecule has 1 fully saturated rings. The number of likely N-dealkylation sites (tertiary alicyclic amines) is 1. The van der Waals surface area contributed by atoms with Crippen LogP contribution in [0, 0.1) is 12.8 Å². The van der Waals surface area contributed by atoms with Gasteiger partial charge in [0.1, 0.15) is 4.21 Å². The summed E-state index contributed by atoms with van der Waals surface area (Å²) in [6.07, 6.45) is 2.17. The highest BCUT2D eigenvalue weighted by Gasteiger charge is 2.21. The SMILES string of the molecule is CCN1CCC(CNS(=O)(=O)c2ccc(C)s2)CC1. The lowest BCUT2D eigenvalue weighted by Gasteiger charge is -2.30. The second-order valence-electron chi connectivity index (χ2n) is 5.09. The number of thiophene rings is 1. The van der Waals surface area contributed by atoms with Crippen LogP contribution in [0.3, 0.4) is 0 Å². The third kappa shape index (κ3) is 4.02. The van der Waals surface area contributed by atoms with Crippen LogP contribution in [0.1, 0.15) is 24.6 Å². The van der Waals surface area contributed by atoms with Crippen LogP contribution >= 0.6 is 11.3 Å². The molecule has 1 saturated heterocycles. The Kier molecular flexibility index (Phi) is 5.00. The molecule has 1 aromatic rings. The maximum atomic E-state index is 12.1. The van der Waals surface area contributed by atoms with Crippen molar-refractivity contribution in [1.29, 1.82) is 0 Å². The Morgan fingerprint density at radius 2 is 2.05 bits per heavy atom. The molecular formula is C13H22N2O2S2. The van der Waals surface area contributed by atoms with Crippen LogP contribution in [0.2, 0.25) is 0 Å². The van der Waals surface area contributed by atoms with E-state index in [2.05, 4.69) is 16.5 Å². The molecule has 2 heterocycles. The molecule has 4 nitrogen and oxygen atoms in total. The zero-order chi connectivity index (χ0) is 13.9. The summed E-state index contributed by atoms with van der Waals surface area (Å²) in [6.45, 7) is 7.91. The molecule has 0 bridgehead atoms. The molecule has 1 aromatic heterocycles. The molecule has 0 spiro atoms. The van der Waals surface area contributed by atoms with E-state index in [-0.39, 0.29) is 0 Å². The molecule has 0 atom stereocenters. The van der Waals surface area contributed by atoms with Crippen molar-refractivity contribution in [2.75, 3.05) is 26.2 Å². The van der Waals surface area contributed by atoms with Crippen molar-refractivity contribution in [3.8, 4) is 0 Å². The van der Waals surface area contributed by atoms with Crippen LogP contribution in [0.15, 0.2) is 16.3 Å². The van der Waals surface area contributed by atoms with Gasteiger partial charge in [0.05, 0.1) is 0 Å². The summed E-state index contributed by atoms with van der Waals surface area (Å²) in [5, 5.41) is 0. The van der Waals surface area contributed by atoms with E-state index in [4.69, 9.17) is 0 Å². The first-order valence-electron chi connectivity index (χ1n) is 6.79. The number of nitrogens with zero attached hydrogens (tertiary/aromatic N) is 1. The van der Waals surface area contributed by atoms with Crippen molar-refractivity contribution in [2.45, 2.75) is 30.9 Å². The van der Waals surface area contributed by atoms with Crippen molar-refractivity contribution >= 4 is 21.4 Å². The fraction of sp³-hybridized carbons (Fsp3) is 0.692. The van der Waals surface area contributed by atoms with Gasteiger partial charge in [0.15, 0.2) is 0 Å². The summed E-state index contributed by atoms with van der Waals surface area (Å²) in [6, 6.07) is 3.53. The van der Waals surface area contributed by atoms with Crippen LogP contribution in [-0.4, -0.2) is 39.5 Å². The lowest BCUT2D eigenvalue weighted by atomic mass is 9.97. The molecule has 0 unspecified atom stereocenters. The van der Waals surface area contributed by atoms with E-state index in [0.717, 1.165) is 37.4 Å². The topological polar surface area (TPSA) is 49.4 Å². The van der Waals surface area contributed by atoms with Crippen LogP contribution in [0.25, 0.3) is 0 Å². The Morgan fingerprint density at radius 1 is 1.37 bits per heavy atom. The van der Waals surface area contributed by atoms with Gasteiger partial charge in [-0.2, -0.15) is 0 Å². The van der Waals surface area contributed by atoms with E-state index in [0.29, 0.717) is 16.7 Å². The van der Waals surface area contributed by atoms with Gasteiger partial charge in [-0.25, -0.2) is 13.1 Å². The quantitative estimate of drug-likeness (QED) is 0.906. The van der Waals surface area contributed by atoms with Gasteiger partial charge in [0.25, 0.3) is 0 Å². The minimum absolute atomic E-state index is 0.427. The molecule has 0 aliphatic carbocycles. The number of hydrogen-bond acceptors (Lipinski definition) is 4. The third-order valence-corrected chi connectivity index (χ3v) is 6.61. The number of aryl methyl sites for hydroxylation is 1. The van der Waals surface area contributed by atoms with E-state index in [1.165, 1.54) is 11.3 Å². The van der Waals surface area contributed by atoms with Gasteiger partial charge in [-0.15, -0.1) is 11.3 Å². The molecule has 108 valence electrons. The summed E-state index contributed by atoms with van der Waals surface area (Å²) in [5.74, 6) is 0.471. The lowest BCUT2D eigenvalue weighted by molar-refractivity contribution is 0.194. The van der Waals surface area contributed by atoms with Crippen molar-refractivity contribution in [3.63, 3.8) is 0 Å². The van der Waals surface area contributed by atoms with Gasteiger partial charge in [-0.05, 0) is 57.5 Å². The molecule has 1 aliphatic heterocycles. The molecule has 6 heteroatoms. The Labute approximate surface area is 119 Å². The van der Waals surface area contributed by atoms with E-state index in [1.807, 2.05) is 13.0 Å². The molecule has 0 amide bonds. The number of piperidine rings is 1. The maximum Gasteiger partial charge on any atom is 0.250 e. The largest absolute Gasteiger partial charge is 0.304 e. The molecule has 2 rings (SSSR count). The second kappa shape index (κ2) is 6.35. The minimum atomic E-state index is -3.30. The summed E-state index contributed by atoms with van der Waals surface area (Å²) in [7, 11) is -3.30. The Hall–Kier alpha value is -0.430. The van der Waals surface area contributed by atoms with Gasteiger partial charge in [0.2, 0.25) is 10.0 Å². The highest BCUT2D eigenvalue weighted by atomic mass is 32.2. The van der Waals surface area contributed by atoms with E-state index >= 15 is 0 Å². The number of rotatable bonds is 5. The Morgan fingerprint density at radius 3 is 2.58 bits per heavy atom. The fourth-order valence-electron chi connectivity index (χ4n) is 2.36. The van der Waals surface area contributed by atoms with Crippen molar-refractivity contribution in [3.05, 3.63) is 17.0 Å². The fourth-order valence-corrected chi connectivity index (χ4v) is 4.81. The van der Waals surface area contributed by atoms with Gasteiger partial charge < -0.3 is 4.90 Å². The van der Waals surface area contributed by atoms with E-state index in [9.17, 15) is 8.42 Å². The normalized spacial score (nSPS) is 18.8. The van der Waals surface area contributed by atoms with Crippen molar-refractivity contribution in [1.82, 2.24) is 9.62 Å². The van der Waals surface area contributed by atoms with Gasteiger partial charge in [-0.1, -0.05) is 6.92 Å². The summed E-state index contributed by atoms with van der Waals surface area (Å²) >= 11 is 1.33. The molecule has 19 heavy (non-hydrogen) atoms. The van der Waals surface area contributed by atoms with Gasteiger partial charge in [0, 0.05) is 11.4 Å². The predicted octanol–water partition coefficient (Wildman–Crippen LogP) is 2.07. The Bertz CT molecular complexity index is 502. The average molecular weight is 302 g/mol. The van der Waals surface area contributed by atoms with Crippen molar-refractivity contribution in [2.24, 2.45) is 5.92 Å². The summed E-state index contributed by atoms with van der Waals surface area (Å²) < 4.78 is 27.4. The first-order valence-corrected chi connectivity index (χ1v) is 9.09. The number of sulfonamides is 1. The first-order chi connectivity index (χ1) is 9.01. The predicted molar refractivity (Wildman–Crippen MR) is 79.1 cm³/mol. The number of hydrogen-bond donors (Lipinski definition) is 1. The highest BCUT2D eigenvalue weighted by Crippen LogP contribution is 2.21. The first kappa shape index (κ1) is 15.0. The van der Waals surface area contributed by atoms with Crippen LogP contribution in [0.5, 0.6) is 0 Å². The molecule has 0 radical (unpaired) electrons. The van der Waals surface area contributed by atoms with Gasteiger partial charge in [-0.3, -0.25) is 0 Å².